The van der Waals surface area contributed by atoms with E-state index in [0.29, 0.717) is 46.4 Å². The number of amides is 3. The minimum absolute atomic E-state index is 0.215. The van der Waals surface area contributed by atoms with Crippen LogP contribution in [0.3, 0.4) is 0 Å². The molecule has 0 aliphatic heterocycles. The molecule has 238 valence electrons. The fraction of sp³-hybridized carbons (Fsp3) is 0.242. The normalized spacial score (nSPS) is 11.7. The Morgan fingerprint density at radius 2 is 1.37 bits per heavy atom. The highest BCUT2D eigenvalue weighted by Gasteiger charge is 2.18. The molecule has 0 atom stereocenters. The lowest BCUT2D eigenvalue weighted by Gasteiger charge is -2.10. The van der Waals surface area contributed by atoms with Gasteiger partial charge in [0.2, 0.25) is 0 Å². The summed E-state index contributed by atoms with van der Waals surface area (Å²) in [6, 6.07) is 14.6. The van der Waals surface area contributed by atoms with Crippen LogP contribution in [0.25, 0.3) is 10.8 Å². The second-order valence-electron chi connectivity index (χ2n) is 11.4. The first kappa shape index (κ1) is 31.7. The predicted molar refractivity (Wildman–Crippen MR) is 180 cm³/mol. The first-order valence-corrected chi connectivity index (χ1v) is 14.7. The van der Waals surface area contributed by atoms with Gasteiger partial charge >= 0.3 is 0 Å². The van der Waals surface area contributed by atoms with Gasteiger partial charge in [-0.15, -0.1) is 0 Å². The standard InChI is InChI=1S/C33H38N10O3/c1-40(2)12-8-11-35-31(44)27-15-24(19-41(27)3)38-33(46)29-16-25(20-43(29)5)39-32(45)28-14-23(18-42(28)4)37-30(34)26-13-21-9-6-7-10-22(21)17-36-26/h6-7,9-10,13-20H,8,11-12H2,1-5H3,(H2,34,37)(H,35,44)(H,38,46)(H,39,45). The number of aryl methyl sites for hydroxylation is 3. The van der Waals surface area contributed by atoms with Gasteiger partial charge in [0.1, 0.15) is 28.6 Å². The van der Waals surface area contributed by atoms with Gasteiger partial charge in [0.15, 0.2) is 0 Å². The molecule has 0 fully saturated rings. The maximum absolute atomic E-state index is 13.2. The van der Waals surface area contributed by atoms with Crippen LogP contribution in [-0.2, 0) is 21.1 Å². The number of nitrogens with zero attached hydrogens (tertiary/aromatic N) is 6. The summed E-state index contributed by atoms with van der Waals surface area (Å²) in [5.74, 6) is -0.755. The number of nitrogens with two attached hydrogens (primary N) is 1. The predicted octanol–water partition coefficient (Wildman–Crippen LogP) is 3.47. The van der Waals surface area contributed by atoms with E-state index in [9.17, 15) is 14.4 Å². The van der Waals surface area contributed by atoms with E-state index in [0.717, 1.165) is 23.7 Å². The van der Waals surface area contributed by atoms with Crippen molar-refractivity contribution in [1.82, 2.24) is 28.9 Å². The average molecular weight is 623 g/mol. The Kier molecular flexibility index (Phi) is 9.33. The number of aromatic nitrogens is 4. The lowest BCUT2D eigenvalue weighted by Crippen LogP contribution is -2.28. The molecule has 0 aliphatic rings. The molecule has 0 radical (unpaired) electrons. The Balaban J connectivity index is 1.22. The smallest absolute Gasteiger partial charge is 0.272 e. The summed E-state index contributed by atoms with van der Waals surface area (Å²) < 4.78 is 4.93. The van der Waals surface area contributed by atoms with Crippen molar-refractivity contribution in [3.8, 4) is 0 Å². The van der Waals surface area contributed by atoms with E-state index < -0.39 is 0 Å². The zero-order valence-electron chi connectivity index (χ0n) is 26.5. The number of hydrogen-bond acceptors (Lipinski definition) is 6. The number of anilines is 2. The summed E-state index contributed by atoms with van der Waals surface area (Å²) in [5, 5.41) is 10.6. The van der Waals surface area contributed by atoms with Crippen molar-refractivity contribution < 1.29 is 14.4 Å². The van der Waals surface area contributed by atoms with Crippen LogP contribution >= 0.6 is 0 Å². The van der Waals surface area contributed by atoms with Crippen LogP contribution in [0.4, 0.5) is 17.1 Å². The third-order valence-electron chi connectivity index (χ3n) is 7.42. The number of fused-ring (bicyclic) bond motifs is 1. The van der Waals surface area contributed by atoms with E-state index in [4.69, 9.17) is 5.73 Å². The number of amidine groups is 1. The fourth-order valence-electron chi connectivity index (χ4n) is 5.05. The highest BCUT2D eigenvalue weighted by molar-refractivity contribution is 6.07. The Labute approximate surface area is 266 Å². The maximum Gasteiger partial charge on any atom is 0.272 e. The van der Waals surface area contributed by atoms with Crippen molar-refractivity contribution in [2.75, 3.05) is 37.8 Å². The lowest BCUT2D eigenvalue weighted by atomic mass is 10.1. The molecule has 0 spiro atoms. The summed E-state index contributed by atoms with van der Waals surface area (Å²) in [5.41, 5.74) is 9.31. The third kappa shape index (κ3) is 7.33. The first-order chi connectivity index (χ1) is 22.0. The van der Waals surface area contributed by atoms with Gasteiger partial charge in [0, 0.05) is 57.9 Å². The number of hydrogen-bond donors (Lipinski definition) is 4. The van der Waals surface area contributed by atoms with Gasteiger partial charge in [-0.2, -0.15) is 0 Å². The van der Waals surface area contributed by atoms with Gasteiger partial charge < -0.3 is 40.3 Å². The molecule has 13 nitrogen and oxygen atoms in total. The second-order valence-corrected chi connectivity index (χ2v) is 11.4. The molecule has 5 N–H and O–H groups in total. The molecule has 0 saturated heterocycles. The van der Waals surface area contributed by atoms with Gasteiger partial charge in [-0.3, -0.25) is 19.4 Å². The second kappa shape index (κ2) is 13.5. The Hall–Kier alpha value is -5.69. The summed E-state index contributed by atoms with van der Waals surface area (Å²) in [7, 11) is 9.16. The number of aliphatic imine (C=N–C) groups is 1. The van der Waals surface area contributed by atoms with Crippen molar-refractivity contribution in [1.29, 1.82) is 0 Å². The number of nitrogens with one attached hydrogen (secondary N) is 3. The number of carbonyl (C=O) groups excluding carboxylic acids is 3. The molecule has 4 aromatic heterocycles. The monoisotopic (exact) mass is 622 g/mol. The zero-order chi connectivity index (χ0) is 33.0. The summed E-state index contributed by atoms with van der Waals surface area (Å²) in [6.45, 7) is 1.42. The fourth-order valence-corrected chi connectivity index (χ4v) is 5.05. The number of benzene rings is 1. The molecule has 0 aliphatic carbocycles. The molecule has 0 saturated carbocycles. The molecular weight excluding hydrogens is 584 g/mol. The summed E-state index contributed by atoms with van der Waals surface area (Å²) >= 11 is 0. The van der Waals surface area contributed by atoms with Crippen LogP contribution in [0.15, 0.2) is 78.3 Å². The highest BCUT2D eigenvalue weighted by Crippen LogP contribution is 2.21. The molecule has 1 aromatic carbocycles. The largest absolute Gasteiger partial charge is 0.382 e. The Bertz CT molecular complexity index is 1950. The van der Waals surface area contributed by atoms with Gasteiger partial charge in [0.25, 0.3) is 17.7 Å². The topological polar surface area (TPSA) is 157 Å². The van der Waals surface area contributed by atoms with E-state index >= 15 is 0 Å². The van der Waals surface area contributed by atoms with Crippen molar-refractivity contribution >= 4 is 51.4 Å². The van der Waals surface area contributed by atoms with Crippen LogP contribution < -0.4 is 21.7 Å². The SMILES string of the molecule is CN(C)CCCNC(=O)c1cc(NC(=O)c2cc(NC(=O)c3cc(N=C(N)c4cc5ccccc5cn4)cn3C)cn2C)cn1C. The first-order valence-electron chi connectivity index (χ1n) is 14.7. The van der Waals surface area contributed by atoms with Crippen molar-refractivity contribution in [3.05, 3.63) is 96.1 Å². The Morgan fingerprint density at radius 3 is 2.00 bits per heavy atom. The molecule has 3 amide bonds. The summed E-state index contributed by atoms with van der Waals surface area (Å²) in [4.78, 5) is 49.9. The molecule has 5 aromatic rings. The average Bonchev–Trinajstić information content (AvgIpc) is 3.69. The van der Waals surface area contributed by atoms with Crippen LogP contribution in [0, 0.1) is 0 Å². The number of carbonyl (C=O) groups is 3. The molecule has 46 heavy (non-hydrogen) atoms. The van der Waals surface area contributed by atoms with Crippen LogP contribution in [0.5, 0.6) is 0 Å². The van der Waals surface area contributed by atoms with Crippen LogP contribution in [0.2, 0.25) is 0 Å². The lowest BCUT2D eigenvalue weighted by molar-refractivity contribution is 0.0942. The van der Waals surface area contributed by atoms with Gasteiger partial charge in [-0.25, -0.2) is 4.99 Å². The Morgan fingerprint density at radius 1 is 0.804 bits per heavy atom. The molecular formula is C33H38N10O3. The van der Waals surface area contributed by atoms with E-state index in [-0.39, 0.29) is 23.6 Å². The summed E-state index contributed by atoms with van der Waals surface area (Å²) in [6.07, 6.45) is 7.60. The van der Waals surface area contributed by atoms with E-state index in [1.165, 1.54) is 0 Å². The molecule has 5 rings (SSSR count). The molecule has 0 bridgehead atoms. The van der Waals surface area contributed by atoms with E-state index in [2.05, 4.69) is 30.8 Å². The maximum atomic E-state index is 13.2. The zero-order valence-corrected chi connectivity index (χ0v) is 26.5. The number of rotatable bonds is 11. The van der Waals surface area contributed by atoms with Crippen LogP contribution in [0.1, 0.15) is 43.6 Å². The van der Waals surface area contributed by atoms with Gasteiger partial charge in [0.05, 0.1) is 17.1 Å². The van der Waals surface area contributed by atoms with E-state index in [1.54, 1.807) is 77.8 Å². The minimum Gasteiger partial charge on any atom is -0.382 e. The third-order valence-corrected chi connectivity index (χ3v) is 7.42. The number of pyridine rings is 1. The molecule has 4 heterocycles. The molecule has 13 heteroatoms. The molecule has 0 unspecified atom stereocenters. The van der Waals surface area contributed by atoms with Crippen LogP contribution in [-0.4, -0.2) is 74.3 Å². The van der Waals surface area contributed by atoms with E-state index in [1.807, 2.05) is 44.4 Å². The van der Waals surface area contributed by atoms with Crippen molar-refractivity contribution in [3.63, 3.8) is 0 Å². The van der Waals surface area contributed by atoms with Crippen molar-refractivity contribution in [2.45, 2.75) is 6.42 Å². The highest BCUT2D eigenvalue weighted by atomic mass is 16.2. The quantitative estimate of drug-likeness (QED) is 0.100. The van der Waals surface area contributed by atoms with Gasteiger partial charge in [-0.05, 0) is 56.7 Å². The minimum atomic E-state index is -0.389. The van der Waals surface area contributed by atoms with Crippen molar-refractivity contribution in [2.24, 2.45) is 31.9 Å². The van der Waals surface area contributed by atoms with Gasteiger partial charge in [-0.1, -0.05) is 24.3 Å².